The highest BCUT2D eigenvalue weighted by atomic mass is 32.2. The van der Waals surface area contributed by atoms with Crippen LogP contribution in [0, 0.1) is 11.8 Å². The highest BCUT2D eigenvalue weighted by Gasteiger charge is 2.47. The number of hydrogen-bond acceptors (Lipinski definition) is 5. The summed E-state index contributed by atoms with van der Waals surface area (Å²) in [5.74, 6) is -0.986. The Bertz CT molecular complexity index is 1120. The van der Waals surface area contributed by atoms with Crippen molar-refractivity contribution in [2.45, 2.75) is 49.4 Å². The number of alkyl halides is 3. The van der Waals surface area contributed by atoms with Crippen LogP contribution >= 0.6 is 0 Å². The molecule has 1 aliphatic carbocycles. The van der Waals surface area contributed by atoms with Crippen LogP contribution in [-0.4, -0.2) is 42.7 Å². The summed E-state index contributed by atoms with van der Waals surface area (Å²) in [7, 11) is -4.05. The van der Waals surface area contributed by atoms with Crippen LogP contribution in [0.5, 0.6) is 17.2 Å². The van der Waals surface area contributed by atoms with Gasteiger partial charge in [0.15, 0.2) is 0 Å². The lowest BCUT2D eigenvalue weighted by Gasteiger charge is -2.44. The average Bonchev–Trinajstić information content (AvgIpc) is 2.79. The summed E-state index contributed by atoms with van der Waals surface area (Å²) >= 11 is 0. The summed E-state index contributed by atoms with van der Waals surface area (Å²) < 4.78 is 73.9. The maximum Gasteiger partial charge on any atom is 0.573 e. The van der Waals surface area contributed by atoms with E-state index in [1.165, 1.54) is 36.4 Å². The van der Waals surface area contributed by atoms with Gasteiger partial charge < -0.3 is 14.6 Å². The van der Waals surface area contributed by atoms with Gasteiger partial charge in [-0.15, -0.1) is 13.2 Å². The minimum absolute atomic E-state index is 0.0470. The topological polar surface area (TPSA) is 93.1 Å². The van der Waals surface area contributed by atoms with Gasteiger partial charge in [0, 0.05) is 6.54 Å². The number of nitrogens with zero attached hydrogens (tertiary/aromatic N) is 1. The van der Waals surface area contributed by atoms with Crippen molar-refractivity contribution in [2.75, 3.05) is 6.54 Å². The van der Waals surface area contributed by atoms with E-state index in [9.17, 15) is 31.5 Å². The number of benzene rings is 2. The third kappa shape index (κ3) is 5.30. The maximum atomic E-state index is 13.3. The standard InChI is InChI=1S/C23H24F3NO6S/c24-23(25,26)33-18-7-5-16(6-8-18)32-17-9-11-19(12-10-17)34(30,31)27-14-13-15-3-1-2-4-20(15)21(27)22(28)29/h5-12,15,20-21H,1-4,13-14H2,(H,28,29). The van der Waals surface area contributed by atoms with Crippen LogP contribution in [0.2, 0.25) is 0 Å². The van der Waals surface area contributed by atoms with E-state index in [0.717, 1.165) is 35.7 Å². The molecule has 34 heavy (non-hydrogen) atoms. The molecule has 3 unspecified atom stereocenters. The molecule has 7 nitrogen and oxygen atoms in total. The van der Waals surface area contributed by atoms with Gasteiger partial charge in [0.1, 0.15) is 23.3 Å². The van der Waals surface area contributed by atoms with Gasteiger partial charge in [-0.1, -0.05) is 19.3 Å². The van der Waals surface area contributed by atoms with E-state index in [0.29, 0.717) is 12.8 Å². The highest BCUT2D eigenvalue weighted by molar-refractivity contribution is 7.89. The second kappa shape index (κ2) is 9.46. The van der Waals surface area contributed by atoms with Gasteiger partial charge in [-0.3, -0.25) is 4.79 Å². The fourth-order valence-corrected chi connectivity index (χ4v) is 6.53. The Balaban J connectivity index is 1.48. The van der Waals surface area contributed by atoms with Crippen LogP contribution in [0.3, 0.4) is 0 Å². The number of carboxylic acid groups (broad SMARTS) is 1. The number of aliphatic carboxylic acids is 1. The predicted molar refractivity (Wildman–Crippen MR) is 115 cm³/mol. The van der Waals surface area contributed by atoms with Gasteiger partial charge in [-0.25, -0.2) is 8.42 Å². The van der Waals surface area contributed by atoms with E-state index in [-0.39, 0.29) is 34.8 Å². The van der Waals surface area contributed by atoms with E-state index < -0.39 is 34.1 Å². The Morgan fingerprint density at radius 3 is 2.06 bits per heavy atom. The van der Waals surface area contributed by atoms with Gasteiger partial charge in [-0.05, 0) is 73.2 Å². The smallest absolute Gasteiger partial charge is 0.480 e. The molecule has 1 N–H and O–H groups in total. The van der Waals surface area contributed by atoms with Crippen molar-refractivity contribution in [1.29, 1.82) is 0 Å². The molecule has 1 aliphatic heterocycles. The van der Waals surface area contributed by atoms with E-state index in [1.54, 1.807) is 0 Å². The molecule has 11 heteroatoms. The van der Waals surface area contributed by atoms with E-state index in [2.05, 4.69) is 4.74 Å². The molecule has 1 heterocycles. The quantitative estimate of drug-likeness (QED) is 0.599. The Morgan fingerprint density at radius 2 is 1.47 bits per heavy atom. The number of hydrogen-bond donors (Lipinski definition) is 1. The molecule has 4 rings (SSSR count). The molecule has 2 aromatic rings. The second-order valence-corrected chi connectivity index (χ2v) is 10.4. The lowest BCUT2D eigenvalue weighted by Crippen LogP contribution is -2.55. The summed E-state index contributed by atoms with van der Waals surface area (Å²) in [6, 6.07) is 9.18. The summed E-state index contributed by atoms with van der Waals surface area (Å²) in [6.07, 6.45) is -0.586. The summed E-state index contributed by atoms with van der Waals surface area (Å²) in [6.45, 7) is 0.158. The molecule has 0 bridgehead atoms. The van der Waals surface area contributed by atoms with E-state index in [1.807, 2.05) is 0 Å². The number of carboxylic acids is 1. The Morgan fingerprint density at radius 1 is 0.912 bits per heavy atom. The molecule has 1 saturated carbocycles. The summed E-state index contributed by atoms with van der Waals surface area (Å²) in [4.78, 5) is 12.0. The van der Waals surface area contributed by atoms with Crippen molar-refractivity contribution >= 4 is 16.0 Å². The van der Waals surface area contributed by atoms with Crippen LogP contribution in [0.15, 0.2) is 53.4 Å². The molecule has 2 fully saturated rings. The molecular formula is C23H24F3NO6S. The third-order valence-corrected chi connectivity index (χ3v) is 8.28. The zero-order valence-electron chi connectivity index (χ0n) is 18.1. The number of carbonyl (C=O) groups is 1. The van der Waals surface area contributed by atoms with Crippen molar-refractivity contribution in [2.24, 2.45) is 11.8 Å². The number of ether oxygens (including phenoxy) is 2. The maximum absolute atomic E-state index is 13.3. The van der Waals surface area contributed by atoms with Gasteiger partial charge in [0.2, 0.25) is 10.0 Å². The molecule has 3 atom stereocenters. The lowest BCUT2D eigenvalue weighted by atomic mass is 9.71. The number of halogens is 3. The van der Waals surface area contributed by atoms with Crippen LogP contribution in [0.25, 0.3) is 0 Å². The lowest BCUT2D eigenvalue weighted by molar-refractivity contribution is -0.274. The Labute approximate surface area is 195 Å². The molecular weight excluding hydrogens is 475 g/mol. The minimum atomic E-state index is -4.80. The SMILES string of the molecule is O=C(O)C1C2CCCCC2CCN1S(=O)(=O)c1ccc(Oc2ccc(OC(F)(F)F)cc2)cc1. The molecule has 1 saturated heterocycles. The van der Waals surface area contributed by atoms with Crippen LogP contribution in [-0.2, 0) is 14.8 Å². The summed E-state index contributed by atoms with van der Waals surface area (Å²) in [5.41, 5.74) is 0. The normalized spacial score (nSPS) is 23.7. The molecule has 2 aromatic carbocycles. The number of piperidine rings is 1. The number of fused-ring (bicyclic) bond motifs is 1. The Kier molecular flexibility index (Phi) is 6.77. The fourth-order valence-electron chi connectivity index (χ4n) is 4.89. The van der Waals surface area contributed by atoms with Gasteiger partial charge in [0.05, 0.1) is 4.90 Å². The minimum Gasteiger partial charge on any atom is -0.480 e. The zero-order chi connectivity index (χ0) is 24.5. The van der Waals surface area contributed by atoms with Gasteiger partial charge in [-0.2, -0.15) is 4.31 Å². The van der Waals surface area contributed by atoms with E-state index >= 15 is 0 Å². The van der Waals surface area contributed by atoms with Crippen LogP contribution < -0.4 is 9.47 Å². The first-order valence-corrected chi connectivity index (χ1v) is 12.4. The number of sulfonamides is 1. The van der Waals surface area contributed by atoms with E-state index in [4.69, 9.17) is 4.74 Å². The first kappa shape index (κ1) is 24.3. The summed E-state index contributed by atoms with van der Waals surface area (Å²) in [5, 5.41) is 9.85. The van der Waals surface area contributed by atoms with Crippen molar-refractivity contribution in [1.82, 2.24) is 4.31 Å². The third-order valence-electron chi connectivity index (χ3n) is 6.38. The van der Waals surface area contributed by atoms with Crippen molar-refractivity contribution in [3.05, 3.63) is 48.5 Å². The zero-order valence-corrected chi connectivity index (χ0v) is 18.9. The second-order valence-electron chi connectivity index (χ2n) is 8.49. The van der Waals surface area contributed by atoms with Gasteiger partial charge in [0.25, 0.3) is 0 Å². The predicted octanol–water partition coefficient (Wildman–Crippen LogP) is 5.03. The molecule has 2 aliphatic rings. The molecule has 0 aromatic heterocycles. The molecule has 0 spiro atoms. The monoisotopic (exact) mass is 499 g/mol. The van der Waals surface area contributed by atoms with Crippen LogP contribution in [0.4, 0.5) is 13.2 Å². The largest absolute Gasteiger partial charge is 0.573 e. The molecule has 0 radical (unpaired) electrons. The fraction of sp³-hybridized carbons (Fsp3) is 0.435. The Hall–Kier alpha value is -2.79. The highest BCUT2D eigenvalue weighted by Crippen LogP contribution is 2.42. The number of rotatable bonds is 6. The first-order valence-electron chi connectivity index (χ1n) is 10.9. The average molecular weight is 500 g/mol. The molecule has 184 valence electrons. The van der Waals surface area contributed by atoms with Gasteiger partial charge >= 0.3 is 12.3 Å². The van der Waals surface area contributed by atoms with Crippen molar-refractivity contribution in [3.8, 4) is 17.2 Å². The van der Waals surface area contributed by atoms with Crippen molar-refractivity contribution in [3.63, 3.8) is 0 Å². The first-order chi connectivity index (χ1) is 16.0. The van der Waals surface area contributed by atoms with Crippen LogP contribution in [0.1, 0.15) is 32.1 Å². The molecule has 0 amide bonds. The van der Waals surface area contributed by atoms with Crippen molar-refractivity contribution < 1.29 is 41.0 Å².